The smallest absolute Gasteiger partial charge is 0.250 e. The summed E-state index contributed by atoms with van der Waals surface area (Å²) in [7, 11) is -3.63. The zero-order chi connectivity index (χ0) is 19.1. The standard InChI is InChI=1S/C19H18N2O5S2/c22-28(23,21-9-12-4-5-14-15(8-12)25-11-24-14)18-7-6-17(27-18)16-10-20-19(26-16)13-2-1-3-13/h4-8,10,13,21H,1-3,9,11H2. The first-order chi connectivity index (χ1) is 13.6. The highest BCUT2D eigenvalue weighted by Crippen LogP contribution is 2.38. The summed E-state index contributed by atoms with van der Waals surface area (Å²) in [5, 5.41) is 0. The first kappa shape index (κ1) is 17.7. The number of nitrogens with one attached hydrogen (secondary N) is 1. The van der Waals surface area contributed by atoms with Crippen LogP contribution in [0.15, 0.2) is 45.2 Å². The topological polar surface area (TPSA) is 90.7 Å². The number of ether oxygens (including phenoxy) is 2. The van der Waals surface area contributed by atoms with Crippen LogP contribution in [0, 0.1) is 0 Å². The van der Waals surface area contributed by atoms with Gasteiger partial charge in [0.1, 0.15) is 4.21 Å². The average Bonchev–Trinajstić information content (AvgIpc) is 3.37. The molecule has 1 aliphatic heterocycles. The second-order valence-electron chi connectivity index (χ2n) is 6.82. The summed E-state index contributed by atoms with van der Waals surface area (Å²) in [5.41, 5.74) is 0.796. The van der Waals surface area contributed by atoms with Gasteiger partial charge in [0.05, 0.1) is 11.1 Å². The Kier molecular flexibility index (Phi) is 4.37. The highest BCUT2D eigenvalue weighted by Gasteiger charge is 2.25. The summed E-state index contributed by atoms with van der Waals surface area (Å²) in [6.45, 7) is 0.354. The van der Waals surface area contributed by atoms with Crippen molar-refractivity contribution in [3.05, 3.63) is 48.0 Å². The SMILES string of the molecule is O=S(=O)(NCc1ccc2c(c1)OCO2)c1ccc(-c2cnc(C3CCC3)o2)s1. The summed E-state index contributed by atoms with van der Waals surface area (Å²) in [5.74, 6) is 3.06. The molecule has 0 radical (unpaired) electrons. The summed E-state index contributed by atoms with van der Waals surface area (Å²) in [6.07, 6.45) is 5.09. The summed E-state index contributed by atoms with van der Waals surface area (Å²) in [4.78, 5) is 5.09. The molecule has 1 saturated carbocycles. The molecule has 7 nitrogen and oxygen atoms in total. The molecule has 3 heterocycles. The first-order valence-electron chi connectivity index (χ1n) is 9.03. The minimum Gasteiger partial charge on any atom is -0.454 e. The Labute approximate surface area is 166 Å². The molecular formula is C19H18N2O5S2. The average molecular weight is 418 g/mol. The van der Waals surface area contributed by atoms with Gasteiger partial charge in [-0.05, 0) is 42.7 Å². The lowest BCUT2D eigenvalue weighted by molar-refractivity contribution is 0.174. The number of thiophene rings is 1. The third-order valence-electron chi connectivity index (χ3n) is 4.97. The normalized spacial score (nSPS) is 16.3. The van der Waals surface area contributed by atoms with Crippen LogP contribution in [-0.4, -0.2) is 20.2 Å². The number of rotatable bonds is 6. The zero-order valence-corrected chi connectivity index (χ0v) is 16.5. The molecule has 9 heteroatoms. The van der Waals surface area contributed by atoms with E-state index in [1.54, 1.807) is 30.5 Å². The van der Waals surface area contributed by atoms with Gasteiger partial charge in [-0.25, -0.2) is 18.1 Å². The molecule has 1 N–H and O–H groups in total. The van der Waals surface area contributed by atoms with Gasteiger partial charge in [0.25, 0.3) is 0 Å². The van der Waals surface area contributed by atoms with E-state index in [-0.39, 0.29) is 17.5 Å². The van der Waals surface area contributed by atoms with E-state index in [2.05, 4.69) is 9.71 Å². The van der Waals surface area contributed by atoms with Crippen molar-refractivity contribution in [1.82, 2.24) is 9.71 Å². The van der Waals surface area contributed by atoms with Gasteiger partial charge in [-0.2, -0.15) is 0 Å². The molecule has 1 aromatic carbocycles. The van der Waals surface area contributed by atoms with Crippen LogP contribution in [0.25, 0.3) is 10.6 Å². The maximum Gasteiger partial charge on any atom is 0.250 e. The Balaban J connectivity index is 1.29. The highest BCUT2D eigenvalue weighted by molar-refractivity contribution is 7.91. The monoisotopic (exact) mass is 418 g/mol. The van der Waals surface area contributed by atoms with Crippen LogP contribution >= 0.6 is 11.3 Å². The van der Waals surface area contributed by atoms with Gasteiger partial charge in [-0.1, -0.05) is 12.5 Å². The van der Waals surface area contributed by atoms with Crippen LogP contribution in [0.1, 0.15) is 36.6 Å². The number of sulfonamides is 1. The Hall–Kier alpha value is -2.36. The molecule has 2 aromatic heterocycles. The largest absolute Gasteiger partial charge is 0.454 e. The van der Waals surface area contributed by atoms with Crippen molar-refractivity contribution in [3.8, 4) is 22.1 Å². The molecule has 0 bridgehead atoms. The first-order valence-corrected chi connectivity index (χ1v) is 11.3. The quantitative estimate of drug-likeness (QED) is 0.653. The third kappa shape index (κ3) is 3.30. The molecule has 3 aromatic rings. The Morgan fingerprint density at radius 1 is 1.14 bits per heavy atom. The van der Waals surface area contributed by atoms with Crippen molar-refractivity contribution >= 4 is 21.4 Å². The minimum atomic E-state index is -3.63. The van der Waals surface area contributed by atoms with Crippen molar-refractivity contribution < 1.29 is 22.3 Å². The van der Waals surface area contributed by atoms with E-state index in [1.807, 2.05) is 6.07 Å². The van der Waals surface area contributed by atoms with Crippen LogP contribution in [0.4, 0.5) is 0 Å². The van der Waals surface area contributed by atoms with Gasteiger partial charge >= 0.3 is 0 Å². The van der Waals surface area contributed by atoms with E-state index in [0.29, 0.717) is 23.2 Å². The summed E-state index contributed by atoms with van der Waals surface area (Å²) < 4.78 is 44.6. The number of hydrogen-bond donors (Lipinski definition) is 1. The zero-order valence-electron chi connectivity index (χ0n) is 14.9. The van der Waals surface area contributed by atoms with E-state index in [4.69, 9.17) is 13.9 Å². The molecule has 1 fully saturated rings. The second-order valence-corrected chi connectivity index (χ2v) is 9.90. The fourth-order valence-electron chi connectivity index (χ4n) is 3.14. The fraction of sp³-hybridized carbons (Fsp3) is 0.316. The molecule has 0 saturated heterocycles. The Morgan fingerprint density at radius 3 is 2.82 bits per heavy atom. The van der Waals surface area contributed by atoms with Crippen LogP contribution < -0.4 is 14.2 Å². The van der Waals surface area contributed by atoms with Crippen LogP contribution in [-0.2, 0) is 16.6 Å². The summed E-state index contributed by atoms with van der Waals surface area (Å²) in [6, 6.07) is 8.71. The second kappa shape index (κ2) is 6.91. The van der Waals surface area contributed by atoms with E-state index < -0.39 is 10.0 Å². The van der Waals surface area contributed by atoms with Gasteiger partial charge < -0.3 is 13.9 Å². The number of nitrogens with zero attached hydrogens (tertiary/aromatic N) is 1. The molecule has 2 aliphatic rings. The Bertz CT molecular complexity index is 1120. The molecular weight excluding hydrogens is 400 g/mol. The molecule has 0 atom stereocenters. The van der Waals surface area contributed by atoms with Crippen molar-refractivity contribution in [2.45, 2.75) is 35.9 Å². The predicted octanol–water partition coefficient (Wildman–Crippen LogP) is 3.88. The van der Waals surface area contributed by atoms with Crippen molar-refractivity contribution in [3.63, 3.8) is 0 Å². The lowest BCUT2D eigenvalue weighted by Crippen LogP contribution is -2.22. The van der Waals surface area contributed by atoms with E-state index in [9.17, 15) is 8.42 Å². The van der Waals surface area contributed by atoms with Gasteiger partial charge in [-0.15, -0.1) is 11.3 Å². The van der Waals surface area contributed by atoms with E-state index in [0.717, 1.165) is 29.2 Å². The van der Waals surface area contributed by atoms with Crippen LogP contribution in [0.3, 0.4) is 0 Å². The number of aromatic nitrogens is 1. The lowest BCUT2D eigenvalue weighted by atomic mass is 9.85. The summed E-state index contributed by atoms with van der Waals surface area (Å²) >= 11 is 1.17. The molecule has 0 unspecified atom stereocenters. The van der Waals surface area contributed by atoms with Crippen molar-refractivity contribution in [1.29, 1.82) is 0 Å². The van der Waals surface area contributed by atoms with Gasteiger partial charge in [0.15, 0.2) is 23.1 Å². The number of hydrogen-bond acceptors (Lipinski definition) is 7. The maximum absolute atomic E-state index is 12.6. The molecule has 0 spiro atoms. The molecule has 28 heavy (non-hydrogen) atoms. The van der Waals surface area contributed by atoms with Crippen molar-refractivity contribution in [2.24, 2.45) is 0 Å². The van der Waals surface area contributed by atoms with E-state index in [1.165, 1.54) is 17.8 Å². The highest BCUT2D eigenvalue weighted by atomic mass is 32.2. The van der Waals surface area contributed by atoms with Crippen molar-refractivity contribution in [2.75, 3.05) is 6.79 Å². The minimum absolute atomic E-state index is 0.167. The van der Waals surface area contributed by atoms with Gasteiger partial charge in [0, 0.05) is 12.5 Å². The lowest BCUT2D eigenvalue weighted by Gasteiger charge is -2.21. The molecule has 5 rings (SSSR count). The Morgan fingerprint density at radius 2 is 2.00 bits per heavy atom. The van der Waals surface area contributed by atoms with Gasteiger partial charge in [0.2, 0.25) is 16.8 Å². The third-order valence-corrected chi connectivity index (χ3v) is 7.96. The van der Waals surface area contributed by atoms with E-state index >= 15 is 0 Å². The number of oxazole rings is 1. The van der Waals surface area contributed by atoms with Gasteiger partial charge in [-0.3, -0.25) is 0 Å². The van der Waals surface area contributed by atoms with Crippen LogP contribution in [0.5, 0.6) is 11.5 Å². The predicted molar refractivity (Wildman–Crippen MR) is 103 cm³/mol. The molecule has 146 valence electrons. The maximum atomic E-state index is 12.6. The number of benzene rings is 1. The van der Waals surface area contributed by atoms with Crippen LogP contribution in [0.2, 0.25) is 0 Å². The fourth-order valence-corrected chi connectivity index (χ4v) is 5.46. The number of fused-ring (bicyclic) bond motifs is 1. The molecule has 0 amide bonds. The molecule has 1 aliphatic carbocycles.